The Labute approximate surface area is 126 Å². The van der Waals surface area contributed by atoms with Crippen molar-refractivity contribution in [1.82, 2.24) is 15.1 Å². The summed E-state index contributed by atoms with van der Waals surface area (Å²) in [7, 11) is 0. The number of nitrogens with one attached hydrogen (secondary N) is 1. The summed E-state index contributed by atoms with van der Waals surface area (Å²) in [6.45, 7) is 5.77. The Morgan fingerprint density at radius 1 is 1.33 bits per heavy atom. The Morgan fingerprint density at radius 3 is 2.90 bits per heavy atom. The lowest BCUT2D eigenvalue weighted by Gasteiger charge is -2.37. The summed E-state index contributed by atoms with van der Waals surface area (Å²) in [5.41, 5.74) is 2.63. The highest BCUT2D eigenvalue weighted by atomic mass is 16.1. The number of aldehydes is 1. The van der Waals surface area contributed by atoms with Crippen molar-refractivity contribution >= 4 is 6.29 Å². The zero-order chi connectivity index (χ0) is 14.4. The highest BCUT2D eigenvalue weighted by molar-refractivity contribution is 5.59. The van der Waals surface area contributed by atoms with Crippen molar-refractivity contribution in [2.24, 2.45) is 5.92 Å². The molecule has 2 unspecified atom stereocenters. The molecule has 0 aromatic heterocycles. The number of allylic oxidation sites excluding steroid dienone is 3. The molecule has 0 spiro atoms. The molecule has 114 valence electrons. The maximum Gasteiger partial charge on any atom is 0.127 e. The van der Waals surface area contributed by atoms with Crippen LogP contribution in [0, 0.1) is 5.92 Å². The van der Waals surface area contributed by atoms with Crippen LogP contribution in [0.3, 0.4) is 0 Å². The monoisotopic (exact) mass is 287 g/mol. The maximum absolute atomic E-state index is 11.0. The number of hydrogen-bond donors (Lipinski definition) is 1. The number of fused-ring (bicyclic) bond motifs is 2. The summed E-state index contributed by atoms with van der Waals surface area (Å²) in [5, 5.41) is 3.74. The molecule has 1 N–H and O–H groups in total. The number of carbonyl (C=O) groups is 1. The molecule has 4 aliphatic rings. The molecule has 4 nitrogen and oxygen atoms in total. The first-order chi connectivity index (χ1) is 10.2. The van der Waals surface area contributed by atoms with Gasteiger partial charge in [-0.25, -0.2) is 0 Å². The van der Waals surface area contributed by atoms with E-state index < -0.39 is 0 Å². The average Bonchev–Trinajstić information content (AvgIpc) is 2.60. The van der Waals surface area contributed by atoms with E-state index in [1.54, 1.807) is 0 Å². The molecule has 0 aromatic rings. The second kappa shape index (κ2) is 4.87. The maximum atomic E-state index is 11.0. The van der Waals surface area contributed by atoms with Crippen molar-refractivity contribution in [2.75, 3.05) is 19.6 Å². The van der Waals surface area contributed by atoms with Crippen LogP contribution in [0.25, 0.3) is 0 Å². The molecule has 2 aliphatic carbocycles. The Balaban J connectivity index is 1.53. The quantitative estimate of drug-likeness (QED) is 0.786. The average molecular weight is 287 g/mol. The summed E-state index contributed by atoms with van der Waals surface area (Å²) in [5.74, 6) is 0.0508. The van der Waals surface area contributed by atoms with E-state index in [1.807, 2.05) is 0 Å². The lowest BCUT2D eigenvalue weighted by Crippen LogP contribution is -2.50. The minimum absolute atomic E-state index is 0.0330. The summed E-state index contributed by atoms with van der Waals surface area (Å²) < 4.78 is 0. The molecule has 1 saturated heterocycles. The molecule has 2 heterocycles. The Kier molecular flexibility index (Phi) is 3.10. The first-order valence-electron chi connectivity index (χ1n) is 8.36. The summed E-state index contributed by atoms with van der Waals surface area (Å²) in [6.07, 6.45) is 11.5. The van der Waals surface area contributed by atoms with E-state index in [-0.39, 0.29) is 11.6 Å². The molecule has 2 aliphatic heterocycles. The van der Waals surface area contributed by atoms with Crippen LogP contribution in [0.2, 0.25) is 0 Å². The van der Waals surface area contributed by atoms with Crippen molar-refractivity contribution in [1.29, 1.82) is 0 Å². The predicted octanol–water partition coefficient (Wildman–Crippen LogP) is 1.85. The second-order valence-electron chi connectivity index (χ2n) is 7.15. The first kappa shape index (κ1) is 13.4. The predicted molar refractivity (Wildman–Crippen MR) is 82.4 cm³/mol. The number of nitrogens with zero attached hydrogens (tertiary/aromatic N) is 2. The Hall–Kier alpha value is -1.29. The van der Waals surface area contributed by atoms with Gasteiger partial charge < -0.3 is 15.0 Å². The summed E-state index contributed by atoms with van der Waals surface area (Å²) in [4.78, 5) is 16.3. The van der Waals surface area contributed by atoms with E-state index in [1.165, 1.54) is 43.7 Å². The molecule has 21 heavy (non-hydrogen) atoms. The van der Waals surface area contributed by atoms with Gasteiger partial charge in [0.15, 0.2) is 0 Å². The van der Waals surface area contributed by atoms with Crippen LogP contribution in [0.5, 0.6) is 0 Å². The molecule has 4 rings (SSSR count). The number of rotatable bonds is 2. The minimum Gasteiger partial charge on any atom is -0.365 e. The SMILES string of the molecule is CC12CCN(C3CCC3)CCN1C1=C(CC(C=O)C=C1)N2. The zero-order valence-electron chi connectivity index (χ0n) is 12.8. The smallest absolute Gasteiger partial charge is 0.127 e. The molecular weight excluding hydrogens is 262 g/mol. The van der Waals surface area contributed by atoms with Crippen molar-refractivity contribution in [3.05, 3.63) is 23.5 Å². The van der Waals surface area contributed by atoms with Gasteiger partial charge in [-0.2, -0.15) is 0 Å². The molecule has 0 radical (unpaired) electrons. The van der Waals surface area contributed by atoms with Crippen molar-refractivity contribution in [3.63, 3.8) is 0 Å². The van der Waals surface area contributed by atoms with Crippen LogP contribution in [-0.4, -0.2) is 47.4 Å². The van der Waals surface area contributed by atoms with Crippen LogP contribution >= 0.6 is 0 Å². The number of carbonyl (C=O) groups excluding carboxylic acids is 1. The molecular formula is C17H25N3O. The van der Waals surface area contributed by atoms with Gasteiger partial charge in [-0.15, -0.1) is 0 Å². The lowest BCUT2D eigenvalue weighted by atomic mass is 9.91. The highest BCUT2D eigenvalue weighted by Gasteiger charge is 2.43. The molecule has 2 atom stereocenters. The van der Waals surface area contributed by atoms with Crippen LogP contribution in [0.15, 0.2) is 23.5 Å². The van der Waals surface area contributed by atoms with E-state index in [0.717, 1.165) is 31.7 Å². The molecule has 1 saturated carbocycles. The van der Waals surface area contributed by atoms with Crippen LogP contribution in [-0.2, 0) is 4.79 Å². The lowest BCUT2D eigenvalue weighted by molar-refractivity contribution is -0.109. The van der Waals surface area contributed by atoms with Gasteiger partial charge in [-0.3, -0.25) is 4.90 Å². The molecule has 0 aromatic carbocycles. The third kappa shape index (κ3) is 2.11. The van der Waals surface area contributed by atoms with E-state index in [4.69, 9.17) is 0 Å². The molecule has 4 heteroatoms. The zero-order valence-corrected chi connectivity index (χ0v) is 12.8. The van der Waals surface area contributed by atoms with Gasteiger partial charge in [0.2, 0.25) is 0 Å². The normalized spacial score (nSPS) is 36.6. The topological polar surface area (TPSA) is 35.6 Å². The fourth-order valence-corrected chi connectivity index (χ4v) is 4.23. The summed E-state index contributed by atoms with van der Waals surface area (Å²) >= 11 is 0. The molecule has 0 amide bonds. The summed E-state index contributed by atoms with van der Waals surface area (Å²) in [6, 6.07) is 0.836. The first-order valence-corrected chi connectivity index (χ1v) is 8.36. The van der Waals surface area contributed by atoms with Crippen molar-refractivity contribution < 1.29 is 4.79 Å². The van der Waals surface area contributed by atoms with Crippen molar-refractivity contribution in [3.8, 4) is 0 Å². The Morgan fingerprint density at radius 2 is 2.19 bits per heavy atom. The van der Waals surface area contributed by atoms with Gasteiger partial charge in [0.25, 0.3) is 0 Å². The minimum atomic E-state index is 0.0330. The van der Waals surface area contributed by atoms with Crippen LogP contribution in [0.1, 0.15) is 39.0 Å². The van der Waals surface area contributed by atoms with Crippen molar-refractivity contribution in [2.45, 2.75) is 50.7 Å². The van der Waals surface area contributed by atoms with E-state index in [2.05, 4.69) is 34.2 Å². The fraction of sp³-hybridized carbons (Fsp3) is 0.706. The standard InChI is InChI=1S/C17H25N3O/c1-17-7-8-19(14-3-2-4-14)9-10-20(17)16-6-5-13(12-21)11-15(16)18-17/h5-6,12-14,18H,2-4,7-11H2,1H3. The third-order valence-corrected chi connectivity index (χ3v) is 5.82. The van der Waals surface area contributed by atoms with Gasteiger partial charge in [0.05, 0.1) is 5.70 Å². The van der Waals surface area contributed by atoms with Gasteiger partial charge in [-0.1, -0.05) is 12.5 Å². The largest absolute Gasteiger partial charge is 0.365 e. The van der Waals surface area contributed by atoms with Gasteiger partial charge in [-0.05, 0) is 25.8 Å². The van der Waals surface area contributed by atoms with E-state index in [9.17, 15) is 4.79 Å². The van der Waals surface area contributed by atoms with Gasteiger partial charge in [0, 0.05) is 50.1 Å². The van der Waals surface area contributed by atoms with E-state index in [0.29, 0.717) is 0 Å². The Bertz CT molecular complexity index is 508. The van der Waals surface area contributed by atoms with Crippen LogP contribution in [0.4, 0.5) is 0 Å². The third-order valence-electron chi connectivity index (χ3n) is 5.82. The van der Waals surface area contributed by atoms with Gasteiger partial charge >= 0.3 is 0 Å². The molecule has 0 bridgehead atoms. The van der Waals surface area contributed by atoms with E-state index >= 15 is 0 Å². The van der Waals surface area contributed by atoms with Gasteiger partial charge in [0.1, 0.15) is 11.9 Å². The number of hydrogen-bond acceptors (Lipinski definition) is 4. The highest BCUT2D eigenvalue weighted by Crippen LogP contribution is 2.38. The second-order valence-corrected chi connectivity index (χ2v) is 7.15. The van der Waals surface area contributed by atoms with Crippen LogP contribution < -0.4 is 5.32 Å². The molecule has 2 fully saturated rings. The fourth-order valence-electron chi connectivity index (χ4n) is 4.23.